The summed E-state index contributed by atoms with van der Waals surface area (Å²) in [6.07, 6.45) is 0.673. The molecule has 4 aromatic rings. The molecule has 0 aliphatic rings. The maximum absolute atomic E-state index is 13.5. The number of nitrogens with zero attached hydrogens (tertiary/aromatic N) is 1. The highest BCUT2D eigenvalue weighted by Crippen LogP contribution is 2.38. The van der Waals surface area contributed by atoms with Crippen LogP contribution in [0.5, 0.6) is 0 Å². The molecule has 174 valence electrons. The molecule has 1 aromatic heterocycles. The first-order valence-electron chi connectivity index (χ1n) is 11.0. The molecule has 0 bridgehead atoms. The molecule has 34 heavy (non-hydrogen) atoms. The van der Waals surface area contributed by atoms with Crippen LogP contribution in [0.4, 0.5) is 0 Å². The van der Waals surface area contributed by atoms with Crippen molar-refractivity contribution in [1.82, 2.24) is 9.88 Å². The average Bonchev–Trinajstić information content (AvgIpc) is 3.17. The van der Waals surface area contributed by atoms with E-state index in [-0.39, 0.29) is 11.9 Å². The summed E-state index contributed by atoms with van der Waals surface area (Å²) in [5.74, 6) is -0.172. The lowest BCUT2D eigenvalue weighted by atomic mass is 10.0. The van der Waals surface area contributed by atoms with Gasteiger partial charge in [-0.3, -0.25) is 4.79 Å². The summed E-state index contributed by atoms with van der Waals surface area (Å²) in [6.45, 7) is 0.409. The molecule has 4 rings (SSSR count). The third kappa shape index (κ3) is 5.36. The standard InChI is InChI=1S/C28H26Cl2N2O2/c1-32-26(28(33)31-22(18-34-2)16-19-8-4-3-5-9-19)17-24(23-10-6-7-11-25(23)30)27(32)20-12-14-21(29)15-13-20/h3-15,17,22H,16,18H2,1-2H3,(H,31,33). The third-order valence-electron chi connectivity index (χ3n) is 5.78. The maximum Gasteiger partial charge on any atom is 0.268 e. The third-order valence-corrected chi connectivity index (χ3v) is 6.36. The fraction of sp³-hybridized carbons (Fsp3) is 0.179. The normalized spacial score (nSPS) is 11.9. The molecule has 0 radical (unpaired) electrons. The minimum atomic E-state index is -0.172. The molecular weight excluding hydrogens is 467 g/mol. The fourth-order valence-electron chi connectivity index (χ4n) is 4.17. The SMILES string of the molecule is COCC(Cc1ccccc1)NC(=O)c1cc(-c2ccccc2Cl)c(-c2ccc(Cl)cc2)n1C. The largest absolute Gasteiger partial charge is 0.383 e. The number of methoxy groups -OCH3 is 1. The summed E-state index contributed by atoms with van der Waals surface area (Å²) in [6, 6.07) is 27.0. The molecule has 0 spiro atoms. The molecule has 1 N–H and O–H groups in total. The van der Waals surface area contributed by atoms with Crippen molar-refractivity contribution in [1.29, 1.82) is 0 Å². The van der Waals surface area contributed by atoms with E-state index in [0.29, 0.717) is 28.8 Å². The monoisotopic (exact) mass is 492 g/mol. The van der Waals surface area contributed by atoms with Gasteiger partial charge < -0.3 is 14.6 Å². The molecule has 1 heterocycles. The van der Waals surface area contributed by atoms with E-state index in [1.165, 1.54) is 0 Å². The Hall–Kier alpha value is -3.05. The average molecular weight is 493 g/mol. The predicted octanol–water partition coefficient (Wildman–Crippen LogP) is 6.65. The van der Waals surface area contributed by atoms with Crippen molar-refractivity contribution in [2.24, 2.45) is 7.05 Å². The summed E-state index contributed by atoms with van der Waals surface area (Å²) in [5.41, 5.74) is 5.25. The number of halogens is 2. The number of amides is 1. The smallest absolute Gasteiger partial charge is 0.268 e. The van der Waals surface area contributed by atoms with E-state index in [0.717, 1.165) is 27.9 Å². The number of aromatic nitrogens is 1. The second-order valence-electron chi connectivity index (χ2n) is 8.15. The van der Waals surface area contributed by atoms with Crippen LogP contribution in [0.1, 0.15) is 16.1 Å². The van der Waals surface area contributed by atoms with E-state index in [1.807, 2.05) is 96.5 Å². The van der Waals surface area contributed by atoms with Gasteiger partial charge in [-0.25, -0.2) is 0 Å². The quantitative estimate of drug-likeness (QED) is 0.299. The number of ether oxygens (including phenoxy) is 1. The van der Waals surface area contributed by atoms with Crippen LogP contribution in [-0.4, -0.2) is 30.2 Å². The molecule has 1 amide bonds. The summed E-state index contributed by atoms with van der Waals surface area (Å²) in [5, 5.41) is 4.43. The van der Waals surface area contributed by atoms with Crippen LogP contribution < -0.4 is 5.32 Å². The van der Waals surface area contributed by atoms with Gasteiger partial charge >= 0.3 is 0 Å². The van der Waals surface area contributed by atoms with Crippen molar-refractivity contribution < 1.29 is 9.53 Å². The molecule has 0 saturated carbocycles. The molecule has 4 nitrogen and oxygen atoms in total. The Balaban J connectivity index is 1.72. The molecular formula is C28H26Cl2N2O2. The van der Waals surface area contributed by atoms with Crippen LogP contribution in [0.3, 0.4) is 0 Å². The summed E-state index contributed by atoms with van der Waals surface area (Å²) >= 11 is 12.7. The zero-order valence-corrected chi connectivity index (χ0v) is 20.6. The van der Waals surface area contributed by atoms with Crippen molar-refractivity contribution in [3.63, 3.8) is 0 Å². The van der Waals surface area contributed by atoms with Crippen LogP contribution in [0.25, 0.3) is 22.4 Å². The maximum atomic E-state index is 13.5. The van der Waals surface area contributed by atoms with Crippen molar-refractivity contribution in [2.75, 3.05) is 13.7 Å². The van der Waals surface area contributed by atoms with Crippen LogP contribution in [0.2, 0.25) is 10.0 Å². The van der Waals surface area contributed by atoms with Gasteiger partial charge in [0.1, 0.15) is 5.69 Å². The highest BCUT2D eigenvalue weighted by molar-refractivity contribution is 6.33. The van der Waals surface area contributed by atoms with E-state index in [9.17, 15) is 4.79 Å². The Bertz CT molecular complexity index is 1270. The lowest BCUT2D eigenvalue weighted by Crippen LogP contribution is -2.40. The first kappa shape index (κ1) is 24.1. The van der Waals surface area contributed by atoms with Crippen LogP contribution in [0, 0.1) is 0 Å². The molecule has 0 aliphatic carbocycles. The van der Waals surface area contributed by atoms with Gasteiger partial charge in [-0.1, -0.05) is 83.9 Å². The molecule has 1 unspecified atom stereocenters. The lowest BCUT2D eigenvalue weighted by Gasteiger charge is -2.18. The van der Waals surface area contributed by atoms with Crippen molar-refractivity contribution in [3.05, 3.63) is 106 Å². The fourth-order valence-corrected chi connectivity index (χ4v) is 4.54. The molecule has 6 heteroatoms. The highest BCUT2D eigenvalue weighted by atomic mass is 35.5. The van der Waals surface area contributed by atoms with Gasteiger partial charge in [0.2, 0.25) is 0 Å². The number of hydrogen-bond acceptors (Lipinski definition) is 2. The Morgan fingerprint density at radius 2 is 1.62 bits per heavy atom. The van der Waals surface area contributed by atoms with Gasteiger partial charge in [0.15, 0.2) is 0 Å². The van der Waals surface area contributed by atoms with Crippen LogP contribution in [-0.2, 0) is 18.2 Å². The number of rotatable bonds is 8. The van der Waals surface area contributed by atoms with E-state index in [4.69, 9.17) is 27.9 Å². The first-order valence-corrected chi connectivity index (χ1v) is 11.8. The molecule has 3 aromatic carbocycles. The van der Waals surface area contributed by atoms with Gasteiger partial charge in [-0.2, -0.15) is 0 Å². The summed E-state index contributed by atoms with van der Waals surface area (Å²) in [7, 11) is 3.53. The highest BCUT2D eigenvalue weighted by Gasteiger charge is 2.23. The second kappa shape index (κ2) is 10.9. The Morgan fingerprint density at radius 3 is 2.29 bits per heavy atom. The number of carbonyl (C=O) groups excluding carboxylic acids is 1. The molecule has 0 fully saturated rings. The predicted molar refractivity (Wildman–Crippen MR) is 140 cm³/mol. The van der Waals surface area contributed by atoms with Gasteiger partial charge in [0.25, 0.3) is 5.91 Å². The van der Waals surface area contributed by atoms with Crippen LogP contribution in [0.15, 0.2) is 84.9 Å². The summed E-state index contributed by atoms with van der Waals surface area (Å²) < 4.78 is 7.29. The zero-order valence-electron chi connectivity index (χ0n) is 19.1. The minimum Gasteiger partial charge on any atom is -0.383 e. The number of nitrogens with one attached hydrogen (secondary N) is 1. The van der Waals surface area contributed by atoms with Gasteiger partial charge in [-0.15, -0.1) is 0 Å². The Morgan fingerprint density at radius 1 is 0.941 bits per heavy atom. The number of benzene rings is 3. The number of carbonyl (C=O) groups is 1. The van der Waals surface area contributed by atoms with E-state index in [1.54, 1.807) is 7.11 Å². The van der Waals surface area contributed by atoms with E-state index >= 15 is 0 Å². The second-order valence-corrected chi connectivity index (χ2v) is 9.00. The van der Waals surface area contributed by atoms with Gasteiger partial charge in [-0.05, 0) is 41.8 Å². The van der Waals surface area contributed by atoms with E-state index < -0.39 is 0 Å². The topological polar surface area (TPSA) is 43.3 Å². The number of hydrogen-bond donors (Lipinski definition) is 1. The summed E-state index contributed by atoms with van der Waals surface area (Å²) in [4.78, 5) is 13.5. The Kier molecular flexibility index (Phi) is 7.73. The van der Waals surface area contributed by atoms with Crippen molar-refractivity contribution in [3.8, 4) is 22.4 Å². The Labute approximate surface area is 210 Å². The van der Waals surface area contributed by atoms with Crippen molar-refractivity contribution in [2.45, 2.75) is 12.5 Å². The van der Waals surface area contributed by atoms with Gasteiger partial charge in [0, 0.05) is 35.3 Å². The van der Waals surface area contributed by atoms with Crippen molar-refractivity contribution >= 4 is 29.1 Å². The van der Waals surface area contributed by atoms with E-state index in [2.05, 4.69) is 5.32 Å². The molecule has 0 aliphatic heterocycles. The van der Waals surface area contributed by atoms with Gasteiger partial charge in [0.05, 0.1) is 18.3 Å². The first-order chi connectivity index (χ1) is 16.5. The molecule has 1 atom stereocenters. The minimum absolute atomic E-state index is 0.169. The zero-order chi connectivity index (χ0) is 24.1. The molecule has 0 saturated heterocycles. The van der Waals surface area contributed by atoms with Crippen LogP contribution >= 0.6 is 23.2 Å². The lowest BCUT2D eigenvalue weighted by molar-refractivity contribution is 0.0889.